The lowest BCUT2D eigenvalue weighted by molar-refractivity contribution is 0.0157. The second-order valence-electron chi connectivity index (χ2n) is 5.10. The minimum absolute atomic E-state index is 0.359. The topological polar surface area (TPSA) is 12.0 Å². The molecule has 18 heavy (non-hydrogen) atoms. The third-order valence-electron chi connectivity index (χ3n) is 3.53. The summed E-state index contributed by atoms with van der Waals surface area (Å²) >= 11 is 8.25. The quantitative estimate of drug-likeness (QED) is 0.829. The second kappa shape index (κ2) is 4.74. The van der Waals surface area contributed by atoms with Gasteiger partial charge in [-0.15, -0.1) is 0 Å². The van der Waals surface area contributed by atoms with E-state index < -0.39 is 5.67 Å². The SMILES string of the molecule is C=C(NC=S)C1(c2cccc(Br)c2)CC(C)(F)C1. The van der Waals surface area contributed by atoms with E-state index in [2.05, 4.69) is 27.8 Å². The standard InChI is InChI=1S/C14H15BrFNS/c1-10(17-9-18)14(7-13(2,16)8-14)11-4-3-5-12(15)6-11/h3-6,9H,1,7-8H2,2H3,(H,17,18). The Kier molecular flexibility index (Phi) is 3.60. The molecule has 0 heterocycles. The molecule has 0 unspecified atom stereocenters. The lowest BCUT2D eigenvalue weighted by Crippen LogP contribution is -2.53. The second-order valence-corrected chi connectivity index (χ2v) is 6.25. The van der Waals surface area contributed by atoms with E-state index in [0.717, 1.165) is 15.7 Å². The smallest absolute Gasteiger partial charge is 0.110 e. The number of hydrogen-bond acceptors (Lipinski definition) is 1. The Bertz CT molecular complexity index is 490. The average Bonchev–Trinajstić information content (AvgIpc) is 2.25. The maximum Gasteiger partial charge on any atom is 0.110 e. The van der Waals surface area contributed by atoms with Gasteiger partial charge in [0.25, 0.3) is 0 Å². The van der Waals surface area contributed by atoms with Crippen molar-refractivity contribution in [3.8, 4) is 0 Å². The van der Waals surface area contributed by atoms with Crippen LogP contribution in [0.3, 0.4) is 0 Å². The molecule has 1 fully saturated rings. The predicted molar refractivity (Wildman–Crippen MR) is 80.5 cm³/mol. The summed E-state index contributed by atoms with van der Waals surface area (Å²) in [5, 5.41) is 2.96. The van der Waals surface area contributed by atoms with Crippen LogP contribution in [0.4, 0.5) is 4.39 Å². The van der Waals surface area contributed by atoms with Gasteiger partial charge in [-0.1, -0.05) is 46.9 Å². The molecule has 0 saturated heterocycles. The number of hydrogen-bond donors (Lipinski definition) is 1. The van der Waals surface area contributed by atoms with E-state index in [1.54, 1.807) is 6.92 Å². The molecule has 0 radical (unpaired) electrons. The fraction of sp³-hybridized carbons (Fsp3) is 0.357. The van der Waals surface area contributed by atoms with E-state index in [1.807, 2.05) is 24.3 Å². The van der Waals surface area contributed by atoms with Crippen LogP contribution in [-0.2, 0) is 5.41 Å². The van der Waals surface area contributed by atoms with Crippen molar-refractivity contribution in [1.29, 1.82) is 0 Å². The fourth-order valence-corrected chi connectivity index (χ4v) is 3.34. The summed E-state index contributed by atoms with van der Waals surface area (Å²) in [7, 11) is 0. The van der Waals surface area contributed by atoms with Crippen LogP contribution in [0.2, 0.25) is 0 Å². The zero-order valence-corrected chi connectivity index (χ0v) is 12.6. The summed E-state index contributed by atoms with van der Waals surface area (Å²) < 4.78 is 15.0. The molecule has 4 heteroatoms. The summed E-state index contributed by atoms with van der Waals surface area (Å²) in [5.41, 5.74) is 1.78. The zero-order valence-electron chi connectivity index (χ0n) is 10.2. The number of benzene rings is 1. The van der Waals surface area contributed by atoms with Gasteiger partial charge < -0.3 is 5.32 Å². The van der Waals surface area contributed by atoms with Gasteiger partial charge in [-0.2, -0.15) is 0 Å². The number of rotatable bonds is 4. The molecule has 0 bridgehead atoms. The van der Waals surface area contributed by atoms with Crippen LogP contribution in [0.15, 0.2) is 41.0 Å². The van der Waals surface area contributed by atoms with Crippen molar-refractivity contribution in [2.24, 2.45) is 0 Å². The van der Waals surface area contributed by atoms with Crippen LogP contribution in [-0.4, -0.2) is 11.2 Å². The van der Waals surface area contributed by atoms with Gasteiger partial charge in [0.15, 0.2) is 0 Å². The van der Waals surface area contributed by atoms with Gasteiger partial charge in [0.1, 0.15) is 5.67 Å². The average molecular weight is 328 g/mol. The highest BCUT2D eigenvalue weighted by Gasteiger charge is 2.55. The van der Waals surface area contributed by atoms with Crippen molar-refractivity contribution < 1.29 is 4.39 Å². The van der Waals surface area contributed by atoms with Crippen molar-refractivity contribution in [3.05, 3.63) is 46.6 Å². The first kappa shape index (κ1) is 13.7. The molecule has 96 valence electrons. The molecule has 1 nitrogen and oxygen atoms in total. The van der Waals surface area contributed by atoms with E-state index in [0.29, 0.717) is 12.8 Å². The van der Waals surface area contributed by atoms with Gasteiger partial charge in [-0.05, 0) is 37.5 Å². The Morgan fingerprint density at radius 3 is 2.72 bits per heavy atom. The first-order valence-corrected chi connectivity index (χ1v) is 7.01. The Hall–Kier alpha value is -0.740. The maximum absolute atomic E-state index is 14.0. The van der Waals surface area contributed by atoms with Crippen LogP contribution in [0, 0.1) is 0 Å². The first-order chi connectivity index (χ1) is 8.39. The van der Waals surface area contributed by atoms with Crippen molar-refractivity contribution in [3.63, 3.8) is 0 Å². The van der Waals surface area contributed by atoms with Crippen LogP contribution in [0.5, 0.6) is 0 Å². The van der Waals surface area contributed by atoms with E-state index in [9.17, 15) is 4.39 Å². The van der Waals surface area contributed by atoms with E-state index in [1.165, 1.54) is 5.49 Å². The number of halogens is 2. The maximum atomic E-state index is 14.0. The minimum atomic E-state index is -1.13. The molecule has 1 N–H and O–H groups in total. The molecular weight excluding hydrogens is 313 g/mol. The van der Waals surface area contributed by atoms with Crippen molar-refractivity contribution in [1.82, 2.24) is 5.32 Å². The number of allylic oxidation sites excluding steroid dienone is 1. The summed E-state index contributed by atoms with van der Waals surface area (Å²) in [6.45, 7) is 5.65. The van der Waals surface area contributed by atoms with Gasteiger partial charge in [-0.25, -0.2) is 4.39 Å². The molecule has 0 amide bonds. The van der Waals surface area contributed by atoms with E-state index in [-0.39, 0.29) is 5.41 Å². The Morgan fingerprint density at radius 2 is 2.22 bits per heavy atom. The Balaban J connectivity index is 2.38. The van der Waals surface area contributed by atoms with E-state index >= 15 is 0 Å². The highest BCUT2D eigenvalue weighted by atomic mass is 79.9. The van der Waals surface area contributed by atoms with Crippen molar-refractivity contribution in [2.75, 3.05) is 0 Å². The molecule has 1 saturated carbocycles. The van der Waals surface area contributed by atoms with Crippen LogP contribution in [0.1, 0.15) is 25.3 Å². The largest absolute Gasteiger partial charge is 0.356 e. The number of thiocarbonyl (C=S) groups is 1. The van der Waals surface area contributed by atoms with Gasteiger partial charge in [0, 0.05) is 15.6 Å². The molecule has 1 aromatic rings. The highest BCUT2D eigenvalue weighted by Crippen LogP contribution is 2.55. The minimum Gasteiger partial charge on any atom is -0.356 e. The van der Waals surface area contributed by atoms with Crippen molar-refractivity contribution >= 4 is 33.6 Å². The zero-order chi connectivity index (χ0) is 13.4. The number of alkyl halides is 1. The summed E-state index contributed by atoms with van der Waals surface area (Å²) in [6, 6.07) is 7.95. The molecule has 0 aromatic heterocycles. The molecule has 0 aliphatic heterocycles. The summed E-state index contributed by atoms with van der Waals surface area (Å²) in [6.07, 6.45) is 0.872. The molecule has 0 atom stereocenters. The molecule has 0 spiro atoms. The van der Waals surface area contributed by atoms with Gasteiger partial charge in [0.2, 0.25) is 0 Å². The molecule has 1 aromatic carbocycles. The normalized spacial score (nSPS) is 30.4. The molecule has 1 aliphatic rings. The van der Waals surface area contributed by atoms with Crippen LogP contribution >= 0.6 is 28.1 Å². The molecule has 2 rings (SSSR count). The predicted octanol–water partition coefficient (Wildman–Crippen LogP) is 4.27. The first-order valence-electron chi connectivity index (χ1n) is 5.74. The third kappa shape index (κ3) is 2.36. The van der Waals surface area contributed by atoms with Gasteiger partial charge in [0.05, 0.1) is 5.49 Å². The van der Waals surface area contributed by atoms with Crippen LogP contribution in [0.25, 0.3) is 0 Å². The van der Waals surface area contributed by atoms with E-state index in [4.69, 9.17) is 12.2 Å². The van der Waals surface area contributed by atoms with Crippen molar-refractivity contribution in [2.45, 2.75) is 30.8 Å². The fourth-order valence-electron chi connectivity index (χ4n) is 2.79. The Morgan fingerprint density at radius 1 is 1.56 bits per heavy atom. The highest BCUT2D eigenvalue weighted by molar-refractivity contribution is 9.10. The summed E-state index contributed by atoms with van der Waals surface area (Å²) in [5.74, 6) is 0. The van der Waals surface area contributed by atoms with Gasteiger partial charge in [-0.3, -0.25) is 0 Å². The van der Waals surface area contributed by atoms with Crippen LogP contribution < -0.4 is 5.32 Å². The van der Waals surface area contributed by atoms with Gasteiger partial charge >= 0.3 is 0 Å². The molecular formula is C14H15BrFNS. The Labute approximate surface area is 121 Å². The molecule has 1 aliphatic carbocycles. The third-order valence-corrected chi connectivity index (χ3v) is 4.14. The lowest BCUT2D eigenvalue weighted by atomic mass is 9.56. The summed E-state index contributed by atoms with van der Waals surface area (Å²) in [4.78, 5) is 0. The monoisotopic (exact) mass is 327 g/mol. The lowest BCUT2D eigenvalue weighted by Gasteiger charge is -2.51. The number of nitrogens with one attached hydrogen (secondary N) is 1.